The molecule has 72 valence electrons. The summed E-state index contributed by atoms with van der Waals surface area (Å²) in [5.41, 5.74) is 0.382. The molecule has 0 spiro atoms. The minimum atomic E-state index is -0.505. The first-order valence-electron chi connectivity index (χ1n) is 4.65. The Balaban J connectivity index is 1.99. The van der Waals surface area contributed by atoms with Gasteiger partial charge in [0.25, 0.3) is 0 Å². The Morgan fingerprint density at radius 3 is 2.85 bits per heavy atom. The minimum Gasteiger partial charge on any atom is -0.389 e. The van der Waals surface area contributed by atoms with Crippen molar-refractivity contribution in [2.45, 2.75) is 31.8 Å². The van der Waals surface area contributed by atoms with E-state index in [2.05, 4.69) is 17.2 Å². The van der Waals surface area contributed by atoms with Gasteiger partial charge in [-0.05, 0) is 18.8 Å². The van der Waals surface area contributed by atoms with Crippen LogP contribution in [0.3, 0.4) is 0 Å². The molecule has 0 aliphatic heterocycles. The Morgan fingerprint density at radius 2 is 2.38 bits per heavy atom. The van der Waals surface area contributed by atoms with Crippen LogP contribution < -0.4 is 0 Å². The van der Waals surface area contributed by atoms with Crippen LogP contribution in [0.1, 0.15) is 25.5 Å². The van der Waals surface area contributed by atoms with E-state index in [0.29, 0.717) is 12.3 Å². The van der Waals surface area contributed by atoms with Crippen LogP contribution in [0.4, 0.5) is 0 Å². The third-order valence-electron chi connectivity index (χ3n) is 2.62. The van der Waals surface area contributed by atoms with Crippen molar-refractivity contribution in [2.75, 3.05) is 0 Å². The topological polar surface area (TPSA) is 50.9 Å². The van der Waals surface area contributed by atoms with Gasteiger partial charge in [0.2, 0.25) is 0 Å². The predicted octanol–water partition coefficient (Wildman–Crippen LogP) is 0.519. The molecule has 0 radical (unpaired) electrons. The summed E-state index contributed by atoms with van der Waals surface area (Å²) in [7, 11) is 1.84. The molecule has 1 aromatic rings. The second kappa shape index (κ2) is 2.80. The van der Waals surface area contributed by atoms with E-state index in [1.165, 1.54) is 0 Å². The highest BCUT2D eigenvalue weighted by molar-refractivity contribution is 5.04. The van der Waals surface area contributed by atoms with Gasteiger partial charge in [-0.3, -0.25) is 4.68 Å². The predicted molar refractivity (Wildman–Crippen MR) is 48.1 cm³/mol. The van der Waals surface area contributed by atoms with E-state index in [1.54, 1.807) is 4.68 Å². The normalized spacial score (nSPS) is 33.0. The van der Waals surface area contributed by atoms with Crippen molar-refractivity contribution in [3.63, 3.8) is 0 Å². The maximum absolute atomic E-state index is 9.97. The van der Waals surface area contributed by atoms with Crippen molar-refractivity contribution in [1.29, 1.82) is 0 Å². The van der Waals surface area contributed by atoms with Gasteiger partial charge in [0.15, 0.2) is 0 Å². The summed E-state index contributed by atoms with van der Waals surface area (Å²) >= 11 is 0. The minimum absolute atomic E-state index is 0.505. The standard InChI is InChI=1S/C9H15N3O/c1-7-3-9(13,4-7)5-8-6-12(2)11-10-8/h6-7,13H,3-5H2,1-2H3. The number of nitrogens with zero attached hydrogens (tertiary/aromatic N) is 3. The van der Waals surface area contributed by atoms with Gasteiger partial charge in [-0.1, -0.05) is 12.1 Å². The molecule has 1 aliphatic rings. The van der Waals surface area contributed by atoms with Crippen LogP contribution in [0.15, 0.2) is 6.20 Å². The van der Waals surface area contributed by atoms with E-state index >= 15 is 0 Å². The number of hydrogen-bond acceptors (Lipinski definition) is 3. The van der Waals surface area contributed by atoms with Gasteiger partial charge in [-0.15, -0.1) is 5.10 Å². The van der Waals surface area contributed by atoms with Crippen LogP contribution in [-0.2, 0) is 13.5 Å². The molecular weight excluding hydrogens is 166 g/mol. The molecule has 1 aromatic heterocycles. The van der Waals surface area contributed by atoms with Gasteiger partial charge < -0.3 is 5.11 Å². The molecule has 1 saturated carbocycles. The third kappa shape index (κ3) is 1.72. The fourth-order valence-electron chi connectivity index (χ4n) is 2.20. The van der Waals surface area contributed by atoms with Crippen molar-refractivity contribution in [1.82, 2.24) is 15.0 Å². The lowest BCUT2D eigenvalue weighted by Crippen LogP contribution is -2.44. The van der Waals surface area contributed by atoms with Crippen molar-refractivity contribution in [2.24, 2.45) is 13.0 Å². The fourth-order valence-corrected chi connectivity index (χ4v) is 2.20. The van der Waals surface area contributed by atoms with Crippen molar-refractivity contribution in [3.8, 4) is 0 Å². The first-order valence-corrected chi connectivity index (χ1v) is 4.65. The maximum atomic E-state index is 9.97. The average Bonchev–Trinajstić information content (AvgIpc) is 2.32. The Morgan fingerprint density at radius 1 is 1.69 bits per heavy atom. The maximum Gasteiger partial charge on any atom is 0.0855 e. The SMILES string of the molecule is CC1CC(O)(Cc2cn(C)nn2)C1. The lowest BCUT2D eigenvalue weighted by molar-refractivity contribution is -0.0672. The van der Waals surface area contributed by atoms with E-state index in [-0.39, 0.29) is 0 Å². The first-order chi connectivity index (χ1) is 6.07. The Bertz CT molecular complexity index is 302. The first kappa shape index (κ1) is 8.69. The second-order valence-corrected chi connectivity index (χ2v) is 4.30. The summed E-state index contributed by atoms with van der Waals surface area (Å²) in [6.07, 6.45) is 4.29. The molecule has 0 atom stereocenters. The zero-order valence-corrected chi connectivity index (χ0v) is 8.06. The number of rotatable bonds is 2. The zero-order valence-electron chi connectivity index (χ0n) is 8.06. The van der Waals surface area contributed by atoms with Crippen molar-refractivity contribution in [3.05, 3.63) is 11.9 Å². The molecule has 1 fully saturated rings. The molecule has 0 bridgehead atoms. The highest BCUT2D eigenvalue weighted by Crippen LogP contribution is 2.39. The van der Waals surface area contributed by atoms with E-state index in [1.807, 2.05) is 13.2 Å². The second-order valence-electron chi connectivity index (χ2n) is 4.30. The van der Waals surface area contributed by atoms with Gasteiger partial charge in [-0.25, -0.2) is 0 Å². The molecule has 0 aromatic carbocycles. The molecular formula is C9H15N3O. The third-order valence-corrected chi connectivity index (χ3v) is 2.62. The quantitative estimate of drug-likeness (QED) is 0.723. The Labute approximate surface area is 77.6 Å². The number of hydrogen-bond donors (Lipinski definition) is 1. The van der Waals surface area contributed by atoms with Gasteiger partial charge in [0.05, 0.1) is 11.3 Å². The van der Waals surface area contributed by atoms with E-state index < -0.39 is 5.60 Å². The van der Waals surface area contributed by atoms with Crippen molar-refractivity contribution >= 4 is 0 Å². The van der Waals surface area contributed by atoms with Crippen LogP contribution >= 0.6 is 0 Å². The molecule has 1 heterocycles. The summed E-state index contributed by atoms with van der Waals surface area (Å²) in [4.78, 5) is 0. The van der Waals surface area contributed by atoms with Crippen LogP contribution in [0.5, 0.6) is 0 Å². The molecule has 4 heteroatoms. The fraction of sp³-hybridized carbons (Fsp3) is 0.778. The molecule has 0 saturated heterocycles. The van der Waals surface area contributed by atoms with Crippen LogP contribution in [-0.4, -0.2) is 25.7 Å². The van der Waals surface area contributed by atoms with E-state index in [0.717, 1.165) is 18.5 Å². The van der Waals surface area contributed by atoms with Gasteiger partial charge in [-0.2, -0.15) is 0 Å². The lowest BCUT2D eigenvalue weighted by atomic mass is 9.70. The molecule has 0 unspecified atom stereocenters. The summed E-state index contributed by atoms with van der Waals surface area (Å²) in [5, 5.41) is 17.8. The van der Waals surface area contributed by atoms with Gasteiger partial charge >= 0.3 is 0 Å². The summed E-state index contributed by atoms with van der Waals surface area (Å²) in [6, 6.07) is 0. The van der Waals surface area contributed by atoms with Gasteiger partial charge in [0, 0.05) is 19.7 Å². The number of aliphatic hydroxyl groups is 1. The molecule has 4 nitrogen and oxygen atoms in total. The molecule has 13 heavy (non-hydrogen) atoms. The Kier molecular flexibility index (Phi) is 1.87. The smallest absolute Gasteiger partial charge is 0.0855 e. The van der Waals surface area contributed by atoms with Crippen LogP contribution in [0.25, 0.3) is 0 Å². The summed E-state index contributed by atoms with van der Waals surface area (Å²) in [5.74, 6) is 0.654. The van der Waals surface area contributed by atoms with Crippen LogP contribution in [0, 0.1) is 5.92 Å². The van der Waals surface area contributed by atoms with Crippen LogP contribution in [0.2, 0.25) is 0 Å². The average molecular weight is 181 g/mol. The van der Waals surface area contributed by atoms with E-state index in [9.17, 15) is 5.11 Å². The summed E-state index contributed by atoms with van der Waals surface area (Å²) in [6.45, 7) is 2.16. The molecule has 2 rings (SSSR count). The highest BCUT2D eigenvalue weighted by atomic mass is 16.3. The largest absolute Gasteiger partial charge is 0.389 e. The Hall–Kier alpha value is -0.900. The molecule has 0 amide bonds. The molecule has 1 N–H and O–H groups in total. The highest BCUT2D eigenvalue weighted by Gasteiger charge is 2.40. The summed E-state index contributed by atoms with van der Waals surface area (Å²) < 4.78 is 1.67. The zero-order chi connectivity index (χ0) is 9.47. The number of aryl methyl sites for hydroxylation is 1. The van der Waals surface area contributed by atoms with Crippen molar-refractivity contribution < 1.29 is 5.11 Å². The molecule has 1 aliphatic carbocycles. The number of aromatic nitrogens is 3. The monoisotopic (exact) mass is 181 g/mol. The lowest BCUT2D eigenvalue weighted by Gasteiger charge is -2.41. The van der Waals surface area contributed by atoms with Gasteiger partial charge in [0.1, 0.15) is 0 Å². The van der Waals surface area contributed by atoms with E-state index in [4.69, 9.17) is 0 Å².